The van der Waals surface area contributed by atoms with E-state index in [1.807, 2.05) is 13.0 Å². The first-order valence-electron chi connectivity index (χ1n) is 5.89. The van der Waals surface area contributed by atoms with Crippen LogP contribution >= 0.6 is 0 Å². The summed E-state index contributed by atoms with van der Waals surface area (Å²) in [6.45, 7) is 5.00. The third-order valence-corrected chi connectivity index (χ3v) is 3.21. The van der Waals surface area contributed by atoms with Crippen molar-refractivity contribution in [2.24, 2.45) is 5.92 Å². The Morgan fingerprint density at radius 3 is 2.93 bits per heavy atom. The monoisotopic (exact) mass is 208 g/mol. The number of hydrogen-bond donors (Lipinski definition) is 1. The van der Waals surface area contributed by atoms with Gasteiger partial charge in [-0.25, -0.2) is 0 Å². The Morgan fingerprint density at radius 1 is 1.60 bits per heavy atom. The van der Waals surface area contributed by atoms with Gasteiger partial charge in [-0.05, 0) is 26.2 Å². The van der Waals surface area contributed by atoms with Gasteiger partial charge in [0.1, 0.15) is 0 Å². The van der Waals surface area contributed by atoms with Crippen LogP contribution in [0.1, 0.15) is 44.1 Å². The minimum Gasteiger partial charge on any atom is -0.360 e. The number of aryl methyl sites for hydroxylation is 1. The molecule has 84 valence electrons. The molecule has 0 aliphatic heterocycles. The van der Waals surface area contributed by atoms with Gasteiger partial charge < -0.3 is 9.84 Å². The maximum Gasteiger partial charge on any atom is 0.150 e. The summed E-state index contributed by atoms with van der Waals surface area (Å²) in [6, 6.07) is 2.57. The minimum atomic E-state index is 0.584. The van der Waals surface area contributed by atoms with Crippen molar-refractivity contribution in [3.63, 3.8) is 0 Å². The molecule has 1 N–H and O–H groups in total. The van der Waals surface area contributed by atoms with Crippen molar-refractivity contribution in [1.82, 2.24) is 10.5 Å². The zero-order valence-corrected chi connectivity index (χ0v) is 9.62. The number of hydrogen-bond acceptors (Lipinski definition) is 3. The average molecular weight is 208 g/mol. The first-order valence-corrected chi connectivity index (χ1v) is 5.89. The molecule has 1 fully saturated rings. The second kappa shape index (κ2) is 4.79. The molecule has 3 heteroatoms. The van der Waals surface area contributed by atoms with Gasteiger partial charge in [0.25, 0.3) is 0 Å². The van der Waals surface area contributed by atoms with Crippen LogP contribution in [0.4, 0.5) is 0 Å². The van der Waals surface area contributed by atoms with Crippen molar-refractivity contribution >= 4 is 0 Å². The first kappa shape index (κ1) is 10.7. The van der Waals surface area contributed by atoms with E-state index in [1.165, 1.54) is 25.7 Å². The predicted molar refractivity (Wildman–Crippen MR) is 59.5 cm³/mol. The molecule has 1 heterocycles. The lowest BCUT2D eigenvalue weighted by Gasteiger charge is -2.28. The number of aromatic nitrogens is 1. The van der Waals surface area contributed by atoms with E-state index < -0.39 is 0 Å². The second-order valence-electron chi connectivity index (χ2n) is 4.75. The molecular formula is C12H20N2O. The van der Waals surface area contributed by atoms with Crippen LogP contribution in [-0.4, -0.2) is 11.2 Å². The predicted octanol–water partition coefficient (Wildman–Crippen LogP) is 2.65. The average Bonchev–Trinajstić information content (AvgIpc) is 2.55. The molecule has 0 saturated heterocycles. The van der Waals surface area contributed by atoms with Gasteiger partial charge in [-0.3, -0.25) is 0 Å². The highest BCUT2D eigenvalue weighted by Gasteiger charge is 2.19. The molecule has 1 aromatic heterocycles. The largest absolute Gasteiger partial charge is 0.360 e. The van der Waals surface area contributed by atoms with Gasteiger partial charge in [0.05, 0.1) is 12.2 Å². The molecule has 3 nitrogen and oxygen atoms in total. The summed E-state index contributed by atoms with van der Waals surface area (Å²) < 4.78 is 5.15. The molecular weight excluding hydrogens is 188 g/mol. The molecule has 1 unspecified atom stereocenters. The lowest BCUT2D eigenvalue weighted by atomic mass is 9.81. The summed E-state index contributed by atoms with van der Waals surface area (Å²) >= 11 is 0. The third kappa shape index (κ3) is 3.06. The van der Waals surface area contributed by atoms with Gasteiger partial charge in [0.2, 0.25) is 0 Å². The molecule has 2 rings (SSSR count). The van der Waals surface area contributed by atoms with Crippen LogP contribution in [0.3, 0.4) is 0 Å². The summed E-state index contributed by atoms with van der Waals surface area (Å²) in [5.41, 5.74) is 0.957. The first-order chi connectivity index (χ1) is 7.24. The smallest absolute Gasteiger partial charge is 0.150 e. The fraction of sp³-hybridized carbons (Fsp3) is 0.750. The van der Waals surface area contributed by atoms with Crippen LogP contribution in [0.5, 0.6) is 0 Å². The minimum absolute atomic E-state index is 0.584. The summed E-state index contributed by atoms with van der Waals surface area (Å²) in [6.07, 6.45) is 5.58. The summed E-state index contributed by atoms with van der Waals surface area (Å²) in [5.74, 6) is 1.90. The third-order valence-electron chi connectivity index (χ3n) is 3.21. The molecule has 0 bridgehead atoms. The van der Waals surface area contributed by atoms with E-state index in [4.69, 9.17) is 4.52 Å². The van der Waals surface area contributed by atoms with Crippen molar-refractivity contribution in [3.8, 4) is 0 Å². The maximum atomic E-state index is 5.15. The molecule has 1 aliphatic rings. The zero-order valence-electron chi connectivity index (χ0n) is 9.62. The van der Waals surface area contributed by atoms with E-state index >= 15 is 0 Å². The van der Waals surface area contributed by atoms with Crippen LogP contribution < -0.4 is 5.32 Å². The highest BCUT2D eigenvalue weighted by molar-refractivity contribution is 5.02. The van der Waals surface area contributed by atoms with Gasteiger partial charge in [-0.1, -0.05) is 24.4 Å². The van der Waals surface area contributed by atoms with Gasteiger partial charge >= 0.3 is 0 Å². The highest BCUT2D eigenvalue weighted by Crippen LogP contribution is 2.30. The molecule has 1 aromatic rings. The van der Waals surface area contributed by atoms with Crippen LogP contribution in [0.25, 0.3) is 0 Å². The Labute approximate surface area is 91.2 Å². The Morgan fingerprint density at radius 2 is 2.40 bits per heavy atom. The fourth-order valence-corrected chi connectivity index (χ4v) is 2.09. The Balaban J connectivity index is 1.68. The van der Waals surface area contributed by atoms with Gasteiger partial charge in [-0.15, -0.1) is 0 Å². The Kier molecular flexibility index (Phi) is 3.41. The molecule has 0 aromatic carbocycles. The van der Waals surface area contributed by atoms with Crippen LogP contribution in [0.2, 0.25) is 0 Å². The molecule has 1 aliphatic carbocycles. The lowest BCUT2D eigenvalue weighted by Crippen LogP contribution is -2.29. The quantitative estimate of drug-likeness (QED) is 0.808. The van der Waals surface area contributed by atoms with Gasteiger partial charge in [0.15, 0.2) is 5.76 Å². The maximum absolute atomic E-state index is 5.15. The summed E-state index contributed by atoms with van der Waals surface area (Å²) in [5, 5.41) is 7.35. The number of nitrogens with zero attached hydrogens (tertiary/aromatic N) is 1. The Hall–Kier alpha value is -0.830. The van der Waals surface area contributed by atoms with Crippen molar-refractivity contribution in [2.45, 2.75) is 52.1 Å². The topological polar surface area (TPSA) is 38.1 Å². The standard InChI is InChI=1S/C12H20N2O/c1-9(6-11-4-3-5-11)13-8-12-7-10(2)14-15-12/h7,9,11,13H,3-6,8H2,1-2H3. The Bertz CT molecular complexity index is 304. The normalized spacial score (nSPS) is 18.8. The second-order valence-corrected chi connectivity index (χ2v) is 4.75. The van der Waals surface area contributed by atoms with E-state index in [1.54, 1.807) is 0 Å². The van der Waals surface area contributed by atoms with E-state index in [9.17, 15) is 0 Å². The number of nitrogens with one attached hydrogen (secondary N) is 1. The number of rotatable bonds is 5. The van der Waals surface area contributed by atoms with E-state index in [0.717, 1.165) is 23.9 Å². The van der Waals surface area contributed by atoms with Crippen molar-refractivity contribution in [2.75, 3.05) is 0 Å². The molecule has 15 heavy (non-hydrogen) atoms. The zero-order chi connectivity index (χ0) is 10.7. The van der Waals surface area contributed by atoms with E-state index in [2.05, 4.69) is 17.4 Å². The summed E-state index contributed by atoms with van der Waals surface area (Å²) in [7, 11) is 0. The molecule has 1 atom stereocenters. The van der Waals surface area contributed by atoms with Crippen molar-refractivity contribution < 1.29 is 4.52 Å². The van der Waals surface area contributed by atoms with Crippen molar-refractivity contribution in [3.05, 3.63) is 17.5 Å². The van der Waals surface area contributed by atoms with Crippen LogP contribution in [-0.2, 0) is 6.54 Å². The van der Waals surface area contributed by atoms with Gasteiger partial charge in [-0.2, -0.15) is 0 Å². The molecule has 0 amide bonds. The van der Waals surface area contributed by atoms with E-state index in [-0.39, 0.29) is 0 Å². The summed E-state index contributed by atoms with van der Waals surface area (Å²) in [4.78, 5) is 0. The highest BCUT2D eigenvalue weighted by atomic mass is 16.5. The van der Waals surface area contributed by atoms with E-state index in [0.29, 0.717) is 6.04 Å². The van der Waals surface area contributed by atoms with Crippen molar-refractivity contribution in [1.29, 1.82) is 0 Å². The van der Waals surface area contributed by atoms with Crippen LogP contribution in [0, 0.1) is 12.8 Å². The SMILES string of the molecule is Cc1cc(CNC(C)CC2CCC2)on1. The molecule has 1 saturated carbocycles. The fourth-order valence-electron chi connectivity index (χ4n) is 2.09. The molecule has 0 radical (unpaired) electrons. The van der Waals surface area contributed by atoms with Crippen LogP contribution in [0.15, 0.2) is 10.6 Å². The van der Waals surface area contributed by atoms with Gasteiger partial charge in [0, 0.05) is 12.1 Å². The lowest BCUT2D eigenvalue weighted by molar-refractivity contribution is 0.261. The molecule has 0 spiro atoms.